The Balaban J connectivity index is 2.15. The number of anilines is 1. The average molecular weight is 275 g/mol. The van der Waals surface area contributed by atoms with Gasteiger partial charge in [-0.3, -0.25) is 0 Å². The number of hydrogen-bond acceptors (Lipinski definition) is 6. The lowest BCUT2D eigenvalue weighted by molar-refractivity contribution is 0.915. The van der Waals surface area contributed by atoms with E-state index in [9.17, 15) is 0 Å². The Bertz CT molecular complexity index is 541. The molecule has 0 saturated carbocycles. The summed E-state index contributed by atoms with van der Waals surface area (Å²) in [4.78, 5) is 17.3. The molecular formula is C13H17N5S. The molecule has 0 fully saturated rings. The largest absolute Gasteiger partial charge is 0.354 e. The zero-order chi connectivity index (χ0) is 13.7. The highest BCUT2D eigenvalue weighted by atomic mass is 32.2. The second-order valence-corrected chi connectivity index (χ2v) is 5.23. The highest BCUT2D eigenvalue weighted by molar-refractivity contribution is 7.99. The van der Waals surface area contributed by atoms with Gasteiger partial charge < -0.3 is 5.32 Å². The first kappa shape index (κ1) is 13.7. The van der Waals surface area contributed by atoms with Crippen molar-refractivity contribution < 1.29 is 0 Å². The second kappa shape index (κ2) is 6.47. The van der Waals surface area contributed by atoms with Crippen LogP contribution in [0.15, 0.2) is 28.6 Å². The fraction of sp³-hybridized carbons (Fsp3) is 0.385. The van der Waals surface area contributed by atoms with Gasteiger partial charge in [0.25, 0.3) is 0 Å². The third-order valence-corrected chi connectivity index (χ3v) is 3.13. The molecule has 0 unspecified atom stereocenters. The van der Waals surface area contributed by atoms with E-state index < -0.39 is 0 Å². The van der Waals surface area contributed by atoms with E-state index in [1.165, 1.54) is 11.8 Å². The van der Waals surface area contributed by atoms with Crippen molar-refractivity contribution in [1.82, 2.24) is 19.9 Å². The molecule has 0 aliphatic carbocycles. The van der Waals surface area contributed by atoms with Crippen LogP contribution in [0, 0.1) is 13.8 Å². The van der Waals surface area contributed by atoms with Crippen LogP contribution in [-0.4, -0.2) is 26.5 Å². The molecule has 0 bridgehead atoms. The summed E-state index contributed by atoms with van der Waals surface area (Å²) in [5.74, 6) is 0.663. The number of nitrogens with zero attached hydrogens (tertiary/aromatic N) is 4. The number of nitrogens with one attached hydrogen (secondary N) is 1. The van der Waals surface area contributed by atoms with Crippen LogP contribution in [0.2, 0.25) is 0 Å². The predicted molar refractivity (Wildman–Crippen MR) is 76.4 cm³/mol. The molecule has 0 amide bonds. The standard InChI is InChI=1S/C13H17N5S/c1-4-5-14-12-17-10(3)6-11(18-12)19-13-15-7-9(2)8-16-13/h6-8H,4-5H2,1-3H3,(H,14,17,18). The quantitative estimate of drug-likeness (QED) is 0.668. The third kappa shape index (κ3) is 4.17. The van der Waals surface area contributed by atoms with E-state index in [0.29, 0.717) is 11.1 Å². The first-order chi connectivity index (χ1) is 9.17. The molecule has 0 aliphatic heterocycles. The van der Waals surface area contributed by atoms with Crippen LogP contribution in [0.5, 0.6) is 0 Å². The van der Waals surface area contributed by atoms with Gasteiger partial charge in [0.2, 0.25) is 5.95 Å². The third-order valence-electron chi connectivity index (χ3n) is 2.32. The summed E-state index contributed by atoms with van der Waals surface area (Å²) >= 11 is 1.44. The Labute approximate surface area is 117 Å². The summed E-state index contributed by atoms with van der Waals surface area (Å²) in [5.41, 5.74) is 1.98. The predicted octanol–water partition coefficient (Wildman–Crippen LogP) is 2.86. The van der Waals surface area contributed by atoms with Crippen LogP contribution < -0.4 is 5.32 Å². The van der Waals surface area contributed by atoms with E-state index in [2.05, 4.69) is 32.2 Å². The lowest BCUT2D eigenvalue weighted by Crippen LogP contribution is -2.05. The number of aromatic nitrogens is 4. The number of aryl methyl sites for hydroxylation is 2. The van der Waals surface area contributed by atoms with Gasteiger partial charge in [-0.05, 0) is 43.7 Å². The van der Waals surface area contributed by atoms with Crippen LogP contribution in [0.1, 0.15) is 24.6 Å². The summed E-state index contributed by atoms with van der Waals surface area (Å²) in [7, 11) is 0. The Morgan fingerprint density at radius 3 is 2.58 bits per heavy atom. The minimum atomic E-state index is 0.663. The second-order valence-electron chi connectivity index (χ2n) is 4.24. The molecule has 2 aromatic heterocycles. The van der Waals surface area contributed by atoms with Crippen molar-refractivity contribution in [1.29, 1.82) is 0 Å². The fourth-order valence-corrected chi connectivity index (χ4v) is 2.19. The molecule has 0 aromatic carbocycles. The van der Waals surface area contributed by atoms with Crippen LogP contribution in [-0.2, 0) is 0 Å². The first-order valence-corrected chi connectivity index (χ1v) is 7.05. The van der Waals surface area contributed by atoms with Gasteiger partial charge in [0.1, 0.15) is 5.03 Å². The molecule has 6 heteroatoms. The molecule has 0 spiro atoms. The topological polar surface area (TPSA) is 63.6 Å². The van der Waals surface area contributed by atoms with Crippen LogP contribution in [0.25, 0.3) is 0 Å². The lowest BCUT2D eigenvalue weighted by Gasteiger charge is -2.06. The highest BCUT2D eigenvalue weighted by Gasteiger charge is 2.05. The van der Waals surface area contributed by atoms with Crippen LogP contribution >= 0.6 is 11.8 Å². The zero-order valence-electron chi connectivity index (χ0n) is 11.3. The SMILES string of the molecule is CCCNc1nc(C)cc(Sc2ncc(C)cn2)n1. The maximum absolute atomic E-state index is 4.45. The molecule has 5 nitrogen and oxygen atoms in total. The maximum Gasteiger partial charge on any atom is 0.223 e. The van der Waals surface area contributed by atoms with Crippen LogP contribution in [0.3, 0.4) is 0 Å². The van der Waals surface area contributed by atoms with Crippen molar-refractivity contribution in [2.24, 2.45) is 0 Å². The molecule has 0 radical (unpaired) electrons. The smallest absolute Gasteiger partial charge is 0.223 e. The van der Waals surface area contributed by atoms with E-state index in [4.69, 9.17) is 0 Å². The minimum absolute atomic E-state index is 0.663. The fourth-order valence-electron chi connectivity index (χ4n) is 1.43. The molecule has 0 aliphatic rings. The van der Waals surface area contributed by atoms with E-state index in [-0.39, 0.29) is 0 Å². The van der Waals surface area contributed by atoms with Crippen molar-refractivity contribution >= 4 is 17.7 Å². The summed E-state index contributed by atoms with van der Waals surface area (Å²) in [5, 5.41) is 4.75. The number of hydrogen-bond donors (Lipinski definition) is 1. The molecule has 0 atom stereocenters. The Morgan fingerprint density at radius 2 is 1.89 bits per heavy atom. The summed E-state index contributed by atoms with van der Waals surface area (Å²) in [6, 6.07) is 1.94. The summed E-state index contributed by atoms with van der Waals surface area (Å²) in [6.07, 6.45) is 4.65. The van der Waals surface area contributed by atoms with E-state index >= 15 is 0 Å². The Hall–Kier alpha value is -1.69. The van der Waals surface area contributed by atoms with Gasteiger partial charge >= 0.3 is 0 Å². The zero-order valence-corrected chi connectivity index (χ0v) is 12.2. The molecule has 2 aromatic rings. The van der Waals surface area contributed by atoms with Gasteiger partial charge in [-0.1, -0.05) is 6.92 Å². The van der Waals surface area contributed by atoms with Gasteiger partial charge in [0, 0.05) is 24.6 Å². The van der Waals surface area contributed by atoms with E-state index in [1.54, 1.807) is 12.4 Å². The van der Waals surface area contributed by atoms with Crippen molar-refractivity contribution in [2.45, 2.75) is 37.4 Å². The lowest BCUT2D eigenvalue weighted by atomic mass is 10.4. The Morgan fingerprint density at radius 1 is 1.16 bits per heavy atom. The molecule has 100 valence electrons. The van der Waals surface area contributed by atoms with Gasteiger partial charge in [0.15, 0.2) is 5.16 Å². The van der Waals surface area contributed by atoms with Gasteiger partial charge in [0.05, 0.1) is 0 Å². The average Bonchev–Trinajstić information content (AvgIpc) is 2.38. The van der Waals surface area contributed by atoms with Crippen LogP contribution in [0.4, 0.5) is 5.95 Å². The van der Waals surface area contributed by atoms with Crippen molar-refractivity contribution in [2.75, 3.05) is 11.9 Å². The Kier molecular flexibility index (Phi) is 4.68. The summed E-state index contributed by atoms with van der Waals surface area (Å²) in [6.45, 7) is 6.90. The monoisotopic (exact) mass is 275 g/mol. The van der Waals surface area contributed by atoms with Gasteiger partial charge in [-0.2, -0.15) is 0 Å². The molecule has 19 heavy (non-hydrogen) atoms. The van der Waals surface area contributed by atoms with Gasteiger partial charge in [-0.25, -0.2) is 19.9 Å². The molecule has 1 N–H and O–H groups in total. The molecular weight excluding hydrogens is 258 g/mol. The van der Waals surface area contributed by atoms with Crippen molar-refractivity contribution in [3.63, 3.8) is 0 Å². The summed E-state index contributed by atoms with van der Waals surface area (Å²) < 4.78 is 0. The first-order valence-electron chi connectivity index (χ1n) is 6.23. The normalized spacial score (nSPS) is 10.5. The molecule has 2 heterocycles. The van der Waals surface area contributed by atoms with Crippen molar-refractivity contribution in [3.8, 4) is 0 Å². The molecule has 0 saturated heterocycles. The number of rotatable bonds is 5. The maximum atomic E-state index is 4.45. The van der Waals surface area contributed by atoms with Crippen molar-refractivity contribution in [3.05, 3.63) is 29.7 Å². The van der Waals surface area contributed by atoms with E-state index in [0.717, 1.165) is 29.2 Å². The molecule has 2 rings (SSSR count). The van der Waals surface area contributed by atoms with E-state index in [1.807, 2.05) is 19.9 Å². The highest BCUT2D eigenvalue weighted by Crippen LogP contribution is 2.23. The minimum Gasteiger partial charge on any atom is -0.354 e. The van der Waals surface area contributed by atoms with Gasteiger partial charge in [-0.15, -0.1) is 0 Å².